The Hall–Kier alpha value is -2.42. The van der Waals surface area contributed by atoms with Crippen LogP contribution in [0.5, 0.6) is 5.75 Å². The number of hydrogen-bond acceptors (Lipinski definition) is 5. The van der Waals surface area contributed by atoms with Crippen LogP contribution in [0.4, 0.5) is 5.69 Å². The van der Waals surface area contributed by atoms with Crippen LogP contribution in [0.2, 0.25) is 0 Å². The third-order valence-corrected chi connectivity index (χ3v) is 7.82. The molecule has 7 nitrogen and oxygen atoms in total. The van der Waals surface area contributed by atoms with E-state index in [2.05, 4.69) is 5.32 Å². The Morgan fingerprint density at radius 1 is 1.00 bits per heavy atom. The fourth-order valence-corrected chi connectivity index (χ4v) is 5.51. The van der Waals surface area contributed by atoms with E-state index >= 15 is 0 Å². The molecule has 0 aliphatic carbocycles. The minimum atomic E-state index is -3.56. The molecular formula is C23H31N3O4S. The molecular weight excluding hydrogens is 414 g/mol. The Morgan fingerprint density at radius 3 is 2.26 bits per heavy atom. The van der Waals surface area contributed by atoms with Gasteiger partial charge in [-0.1, -0.05) is 18.2 Å². The van der Waals surface area contributed by atoms with Gasteiger partial charge in [0.1, 0.15) is 5.75 Å². The van der Waals surface area contributed by atoms with Crippen molar-refractivity contribution in [2.75, 3.05) is 38.6 Å². The highest BCUT2D eigenvalue weighted by atomic mass is 32.2. The fraction of sp³-hybridized carbons (Fsp3) is 0.435. The maximum atomic E-state index is 13.1. The molecule has 8 heteroatoms. The minimum absolute atomic E-state index is 0.144. The van der Waals surface area contributed by atoms with E-state index in [1.165, 1.54) is 4.31 Å². The smallest absolute Gasteiger partial charge is 0.243 e. The van der Waals surface area contributed by atoms with Gasteiger partial charge in [-0.2, -0.15) is 4.31 Å². The molecule has 0 aromatic heterocycles. The van der Waals surface area contributed by atoms with Gasteiger partial charge in [0, 0.05) is 26.2 Å². The minimum Gasteiger partial charge on any atom is -0.495 e. The van der Waals surface area contributed by atoms with Gasteiger partial charge in [-0.15, -0.1) is 0 Å². The first kappa shape index (κ1) is 23.2. The van der Waals surface area contributed by atoms with Crippen LogP contribution in [0, 0.1) is 20.8 Å². The van der Waals surface area contributed by atoms with Crippen LogP contribution < -0.4 is 10.1 Å². The van der Waals surface area contributed by atoms with E-state index in [-0.39, 0.29) is 5.91 Å². The van der Waals surface area contributed by atoms with Gasteiger partial charge in [-0.3, -0.25) is 9.69 Å². The number of carbonyl (C=O) groups excluding carboxylic acids is 1. The Bertz CT molecular complexity index is 1060. The summed E-state index contributed by atoms with van der Waals surface area (Å²) >= 11 is 0. The van der Waals surface area contributed by atoms with Crippen molar-refractivity contribution in [3.8, 4) is 5.75 Å². The van der Waals surface area contributed by atoms with Crippen molar-refractivity contribution in [2.24, 2.45) is 0 Å². The standard InChI is InChI=1S/C23H31N3O4S/c1-16-7-9-21(30-5)20(14-16)24-23(27)19(4)25-10-12-26(13-11-25)31(28,29)22-15-17(2)6-8-18(22)3/h6-9,14-15,19H,10-13H2,1-5H3,(H,24,27). The SMILES string of the molecule is COc1ccc(C)cc1NC(=O)C(C)N1CCN(S(=O)(=O)c2cc(C)ccc2C)CC1. The highest BCUT2D eigenvalue weighted by Gasteiger charge is 2.32. The molecule has 2 aromatic rings. The van der Waals surface area contributed by atoms with Crippen LogP contribution in [-0.4, -0.2) is 62.9 Å². The number of carbonyl (C=O) groups is 1. The topological polar surface area (TPSA) is 79.0 Å². The molecule has 3 rings (SSSR count). The zero-order chi connectivity index (χ0) is 22.8. The van der Waals surface area contributed by atoms with Crippen molar-refractivity contribution in [1.29, 1.82) is 0 Å². The number of hydrogen-bond donors (Lipinski definition) is 1. The van der Waals surface area contributed by atoms with E-state index < -0.39 is 16.1 Å². The Labute approximate surface area is 185 Å². The number of benzene rings is 2. The molecule has 2 aromatic carbocycles. The van der Waals surface area contributed by atoms with Crippen LogP contribution in [-0.2, 0) is 14.8 Å². The summed E-state index contributed by atoms with van der Waals surface area (Å²) in [6.45, 7) is 9.17. The molecule has 1 N–H and O–H groups in total. The average molecular weight is 446 g/mol. The first-order chi connectivity index (χ1) is 14.6. The largest absolute Gasteiger partial charge is 0.495 e. The van der Waals surface area contributed by atoms with E-state index in [4.69, 9.17) is 4.74 Å². The third-order valence-electron chi connectivity index (χ3n) is 5.77. The van der Waals surface area contributed by atoms with Gasteiger partial charge in [0.2, 0.25) is 15.9 Å². The number of nitrogens with one attached hydrogen (secondary N) is 1. The summed E-state index contributed by atoms with van der Waals surface area (Å²) in [7, 11) is -1.99. The van der Waals surface area contributed by atoms with Gasteiger partial charge in [-0.25, -0.2) is 8.42 Å². The molecule has 168 valence electrons. The number of amides is 1. The van der Waals surface area contributed by atoms with Crippen molar-refractivity contribution < 1.29 is 17.9 Å². The molecule has 1 aliphatic heterocycles. The van der Waals surface area contributed by atoms with Crippen molar-refractivity contribution >= 4 is 21.6 Å². The van der Waals surface area contributed by atoms with Crippen LogP contribution in [0.1, 0.15) is 23.6 Å². The summed E-state index contributed by atoms with van der Waals surface area (Å²) in [6.07, 6.45) is 0. The van der Waals surface area contributed by atoms with E-state index in [0.717, 1.165) is 16.7 Å². The molecule has 0 radical (unpaired) electrons. The third kappa shape index (κ3) is 5.08. The number of nitrogens with zero attached hydrogens (tertiary/aromatic N) is 2. The van der Waals surface area contributed by atoms with Crippen LogP contribution in [0.15, 0.2) is 41.3 Å². The van der Waals surface area contributed by atoms with Crippen LogP contribution in [0.3, 0.4) is 0 Å². The first-order valence-corrected chi connectivity index (χ1v) is 11.8. The number of piperazine rings is 1. The Kier molecular flexibility index (Phi) is 7.03. The fourth-order valence-electron chi connectivity index (χ4n) is 3.78. The summed E-state index contributed by atoms with van der Waals surface area (Å²) in [4.78, 5) is 15.2. The van der Waals surface area contributed by atoms with Gasteiger partial charge in [-0.05, 0) is 62.6 Å². The predicted molar refractivity (Wildman–Crippen MR) is 122 cm³/mol. The van der Waals surface area contributed by atoms with Crippen molar-refractivity contribution in [2.45, 2.75) is 38.6 Å². The molecule has 1 fully saturated rings. The average Bonchev–Trinajstić information content (AvgIpc) is 2.75. The second-order valence-electron chi connectivity index (χ2n) is 8.08. The lowest BCUT2D eigenvalue weighted by Gasteiger charge is -2.37. The summed E-state index contributed by atoms with van der Waals surface area (Å²) in [5.41, 5.74) is 3.32. The lowest BCUT2D eigenvalue weighted by Crippen LogP contribution is -2.54. The van der Waals surface area contributed by atoms with Gasteiger partial charge in [0.05, 0.1) is 23.7 Å². The zero-order valence-corrected chi connectivity index (χ0v) is 19.6. The van der Waals surface area contributed by atoms with Crippen LogP contribution >= 0.6 is 0 Å². The first-order valence-electron chi connectivity index (χ1n) is 10.4. The van der Waals surface area contributed by atoms with Crippen molar-refractivity contribution in [3.63, 3.8) is 0 Å². The van der Waals surface area contributed by atoms with Gasteiger partial charge in [0.25, 0.3) is 0 Å². The summed E-state index contributed by atoms with van der Waals surface area (Å²) in [5.74, 6) is 0.463. The molecule has 1 saturated heterocycles. The normalized spacial score (nSPS) is 16.7. The van der Waals surface area contributed by atoms with Gasteiger partial charge < -0.3 is 10.1 Å². The number of ether oxygens (including phenoxy) is 1. The number of sulfonamides is 1. The lowest BCUT2D eigenvalue weighted by molar-refractivity contribution is -0.121. The second-order valence-corrected chi connectivity index (χ2v) is 9.98. The van der Waals surface area contributed by atoms with Gasteiger partial charge >= 0.3 is 0 Å². The molecule has 1 atom stereocenters. The summed E-state index contributed by atoms with van der Waals surface area (Å²) in [5, 5.41) is 2.94. The zero-order valence-electron chi connectivity index (χ0n) is 18.8. The quantitative estimate of drug-likeness (QED) is 0.740. The van der Waals surface area contributed by atoms with E-state index in [1.807, 2.05) is 62.9 Å². The van der Waals surface area contributed by atoms with E-state index in [9.17, 15) is 13.2 Å². The summed E-state index contributed by atoms with van der Waals surface area (Å²) < 4.78 is 33.1. The maximum Gasteiger partial charge on any atom is 0.243 e. The molecule has 1 heterocycles. The highest BCUT2D eigenvalue weighted by Crippen LogP contribution is 2.26. The highest BCUT2D eigenvalue weighted by molar-refractivity contribution is 7.89. The molecule has 0 spiro atoms. The summed E-state index contributed by atoms with van der Waals surface area (Å²) in [6, 6.07) is 10.7. The second kappa shape index (κ2) is 9.38. The molecule has 0 saturated carbocycles. The van der Waals surface area contributed by atoms with Crippen molar-refractivity contribution in [3.05, 3.63) is 53.1 Å². The Morgan fingerprint density at radius 2 is 1.61 bits per heavy atom. The van der Waals surface area contributed by atoms with E-state index in [0.29, 0.717) is 42.5 Å². The number of aryl methyl sites for hydroxylation is 3. The molecule has 1 amide bonds. The molecule has 1 unspecified atom stereocenters. The van der Waals surface area contributed by atoms with Crippen molar-refractivity contribution in [1.82, 2.24) is 9.21 Å². The monoisotopic (exact) mass is 445 g/mol. The van der Waals surface area contributed by atoms with Crippen LogP contribution in [0.25, 0.3) is 0 Å². The molecule has 1 aliphatic rings. The number of methoxy groups -OCH3 is 1. The predicted octanol–water partition coefficient (Wildman–Crippen LogP) is 2.95. The molecule has 0 bridgehead atoms. The lowest BCUT2D eigenvalue weighted by atomic mass is 10.2. The van der Waals surface area contributed by atoms with Gasteiger partial charge in [0.15, 0.2) is 0 Å². The number of anilines is 1. The Balaban J connectivity index is 1.66. The number of rotatable bonds is 6. The molecule has 31 heavy (non-hydrogen) atoms. The van der Waals surface area contributed by atoms with E-state index in [1.54, 1.807) is 13.2 Å². The maximum absolute atomic E-state index is 13.1.